The minimum atomic E-state index is -0.574. The molecule has 1 aromatic heterocycles. The highest BCUT2D eigenvalue weighted by Crippen LogP contribution is 2.46. The van der Waals surface area contributed by atoms with Gasteiger partial charge in [-0.15, -0.1) is 0 Å². The molecule has 140 valence electrons. The molecule has 0 spiro atoms. The minimum absolute atomic E-state index is 0.0633. The molecular weight excluding hydrogens is 336 g/mol. The van der Waals surface area contributed by atoms with E-state index in [9.17, 15) is 4.79 Å². The van der Waals surface area contributed by atoms with E-state index in [0.717, 1.165) is 12.8 Å². The van der Waals surface area contributed by atoms with E-state index in [1.54, 1.807) is 0 Å². The van der Waals surface area contributed by atoms with Gasteiger partial charge in [0.2, 0.25) is 0 Å². The Hall–Kier alpha value is -2.66. The third-order valence-electron chi connectivity index (χ3n) is 5.64. The predicted octanol–water partition coefficient (Wildman–Crippen LogP) is 2.89. The van der Waals surface area contributed by atoms with E-state index in [1.165, 1.54) is 33.4 Å². The Balaban J connectivity index is 2.12. The summed E-state index contributed by atoms with van der Waals surface area (Å²) in [5.74, 6) is 0.641. The fourth-order valence-corrected chi connectivity index (χ4v) is 4.63. The van der Waals surface area contributed by atoms with Crippen LogP contribution in [-0.2, 0) is 18.3 Å². The number of hydrogen-bond donors (Lipinski definition) is 3. The van der Waals surface area contributed by atoms with Gasteiger partial charge in [-0.2, -0.15) is 5.10 Å². The molecule has 0 unspecified atom stereocenters. The molecule has 4 N–H and O–H groups in total. The van der Waals surface area contributed by atoms with E-state index in [0.29, 0.717) is 12.2 Å². The van der Waals surface area contributed by atoms with E-state index in [4.69, 9.17) is 5.73 Å². The molecule has 4 rings (SSSR count). The summed E-state index contributed by atoms with van der Waals surface area (Å²) in [5, 5.41) is 6.97. The lowest BCUT2D eigenvalue weighted by Crippen LogP contribution is -2.38. The molecular formula is C22H26N4O. The number of nitrogens with one attached hydrogen (secondary N) is 2. The van der Waals surface area contributed by atoms with Crippen molar-refractivity contribution >= 4 is 0 Å². The average molecular weight is 362 g/mol. The maximum atomic E-state index is 12.0. The largest absolute Gasteiger partial charge is 0.340 e. The highest BCUT2D eigenvalue weighted by atomic mass is 16.1. The van der Waals surface area contributed by atoms with Gasteiger partial charge in [0, 0.05) is 6.04 Å². The van der Waals surface area contributed by atoms with Crippen molar-refractivity contribution in [3.05, 3.63) is 86.1 Å². The van der Waals surface area contributed by atoms with Crippen molar-refractivity contribution < 1.29 is 0 Å². The number of fused-ring (bicyclic) bond motifs is 2. The molecule has 3 aromatic rings. The number of benzene rings is 2. The van der Waals surface area contributed by atoms with Crippen molar-refractivity contribution in [2.75, 3.05) is 0 Å². The first-order valence-corrected chi connectivity index (χ1v) is 9.51. The van der Waals surface area contributed by atoms with Crippen LogP contribution in [0.3, 0.4) is 0 Å². The quantitative estimate of drug-likeness (QED) is 0.669. The molecule has 5 heteroatoms. The van der Waals surface area contributed by atoms with Gasteiger partial charge in [0.05, 0.1) is 5.41 Å². The Morgan fingerprint density at radius 1 is 1.07 bits per heavy atom. The Kier molecular flexibility index (Phi) is 4.27. The molecule has 1 heterocycles. The van der Waals surface area contributed by atoms with E-state index in [-0.39, 0.29) is 11.7 Å². The number of nitrogens with zero attached hydrogens (tertiary/aromatic N) is 1. The van der Waals surface area contributed by atoms with Crippen molar-refractivity contribution in [2.24, 2.45) is 5.73 Å². The maximum absolute atomic E-state index is 12.0. The third kappa shape index (κ3) is 2.92. The molecule has 1 aliphatic carbocycles. The monoisotopic (exact) mass is 362 g/mol. The van der Waals surface area contributed by atoms with Crippen molar-refractivity contribution in [1.82, 2.24) is 15.2 Å². The lowest BCUT2D eigenvalue weighted by Gasteiger charge is -2.36. The van der Waals surface area contributed by atoms with Crippen LogP contribution in [0.15, 0.2) is 41.2 Å². The normalized spacial score (nSPS) is 16.3. The Morgan fingerprint density at radius 2 is 1.63 bits per heavy atom. The van der Waals surface area contributed by atoms with Gasteiger partial charge in [0.25, 0.3) is 0 Å². The van der Waals surface area contributed by atoms with E-state index >= 15 is 0 Å². The molecule has 0 saturated carbocycles. The first-order valence-electron chi connectivity index (χ1n) is 9.51. The predicted molar refractivity (Wildman–Crippen MR) is 107 cm³/mol. The second kappa shape index (κ2) is 6.50. The van der Waals surface area contributed by atoms with Crippen LogP contribution in [-0.4, -0.2) is 21.2 Å². The van der Waals surface area contributed by atoms with Crippen molar-refractivity contribution in [3.8, 4) is 0 Å². The standard InChI is InChI=1S/C22H26N4O/c1-13-4-8-18-16(10-13)6-7-17-11-14(2)5-9-19(17)22(18,12-15(3)23)20-24-21(27)26-25-20/h4-5,8-11,15H,6-7,12,23H2,1-3H3,(H2,24,25,26,27)/t15-/m1/s1. The highest BCUT2D eigenvalue weighted by Gasteiger charge is 2.44. The van der Waals surface area contributed by atoms with Gasteiger partial charge in [0.1, 0.15) is 5.82 Å². The summed E-state index contributed by atoms with van der Waals surface area (Å²) in [5.41, 5.74) is 12.9. The van der Waals surface area contributed by atoms with Crippen LogP contribution < -0.4 is 11.4 Å². The Morgan fingerprint density at radius 3 is 2.07 bits per heavy atom. The summed E-state index contributed by atoms with van der Waals surface area (Å²) in [6.45, 7) is 6.25. The van der Waals surface area contributed by atoms with Crippen molar-refractivity contribution in [3.63, 3.8) is 0 Å². The zero-order valence-electron chi connectivity index (χ0n) is 16.1. The van der Waals surface area contributed by atoms with Crippen LogP contribution in [0.25, 0.3) is 0 Å². The van der Waals surface area contributed by atoms with Crippen LogP contribution in [0, 0.1) is 13.8 Å². The molecule has 0 saturated heterocycles. The van der Waals surface area contributed by atoms with Crippen LogP contribution in [0.5, 0.6) is 0 Å². The number of H-pyrrole nitrogens is 2. The first kappa shape index (κ1) is 17.7. The SMILES string of the molecule is Cc1ccc2c(c1)CCc1cc(C)ccc1C2(C[C@@H](C)N)c1n[nH]c(=O)[nH]1. The smallest absolute Gasteiger partial charge is 0.328 e. The first-order chi connectivity index (χ1) is 12.9. The van der Waals surface area contributed by atoms with Crippen molar-refractivity contribution in [2.45, 2.75) is 51.5 Å². The summed E-state index contributed by atoms with van der Waals surface area (Å²) in [6, 6.07) is 13.1. The third-order valence-corrected chi connectivity index (χ3v) is 5.64. The van der Waals surface area contributed by atoms with Gasteiger partial charge in [-0.05, 0) is 62.3 Å². The molecule has 1 aliphatic rings. The molecule has 0 amide bonds. The maximum Gasteiger partial charge on any atom is 0.340 e. The zero-order chi connectivity index (χ0) is 19.2. The number of aryl methyl sites for hydroxylation is 4. The molecule has 27 heavy (non-hydrogen) atoms. The molecule has 0 fully saturated rings. The summed E-state index contributed by atoms with van der Waals surface area (Å²) < 4.78 is 0. The number of nitrogens with two attached hydrogens (primary N) is 1. The van der Waals surface area contributed by atoms with Gasteiger partial charge in [-0.25, -0.2) is 9.89 Å². The highest BCUT2D eigenvalue weighted by molar-refractivity contribution is 5.55. The lowest BCUT2D eigenvalue weighted by molar-refractivity contribution is 0.476. The molecule has 0 aliphatic heterocycles. The number of aromatic amines is 2. The van der Waals surface area contributed by atoms with Crippen LogP contribution in [0.2, 0.25) is 0 Å². The average Bonchev–Trinajstić information content (AvgIpc) is 3.00. The van der Waals surface area contributed by atoms with Gasteiger partial charge in [0.15, 0.2) is 0 Å². The molecule has 0 bridgehead atoms. The fraction of sp³-hybridized carbons (Fsp3) is 0.364. The Labute approximate surface area is 159 Å². The molecule has 5 nitrogen and oxygen atoms in total. The summed E-state index contributed by atoms with van der Waals surface area (Å²) in [4.78, 5) is 14.9. The van der Waals surface area contributed by atoms with E-state index in [2.05, 4.69) is 65.4 Å². The minimum Gasteiger partial charge on any atom is -0.328 e. The number of hydrogen-bond acceptors (Lipinski definition) is 3. The second-order valence-corrected chi connectivity index (χ2v) is 7.93. The van der Waals surface area contributed by atoms with E-state index in [1.807, 2.05) is 6.92 Å². The second-order valence-electron chi connectivity index (χ2n) is 7.93. The van der Waals surface area contributed by atoms with Gasteiger partial charge < -0.3 is 5.73 Å². The topological polar surface area (TPSA) is 87.6 Å². The lowest BCUT2D eigenvalue weighted by atomic mass is 9.68. The molecule has 0 radical (unpaired) electrons. The van der Waals surface area contributed by atoms with Gasteiger partial charge in [-0.3, -0.25) is 4.98 Å². The number of rotatable bonds is 3. The van der Waals surface area contributed by atoms with Crippen LogP contribution >= 0.6 is 0 Å². The van der Waals surface area contributed by atoms with Crippen molar-refractivity contribution in [1.29, 1.82) is 0 Å². The van der Waals surface area contributed by atoms with E-state index < -0.39 is 5.41 Å². The van der Waals surface area contributed by atoms with Crippen LogP contribution in [0.1, 0.15) is 52.5 Å². The summed E-state index contributed by atoms with van der Waals surface area (Å²) >= 11 is 0. The summed E-state index contributed by atoms with van der Waals surface area (Å²) in [7, 11) is 0. The fourth-order valence-electron chi connectivity index (χ4n) is 4.63. The van der Waals surface area contributed by atoms with Gasteiger partial charge in [-0.1, -0.05) is 47.5 Å². The zero-order valence-corrected chi connectivity index (χ0v) is 16.1. The van der Waals surface area contributed by atoms with Gasteiger partial charge >= 0.3 is 5.69 Å². The molecule has 2 aromatic carbocycles. The molecule has 1 atom stereocenters. The Bertz CT molecular complexity index is 991. The number of aromatic nitrogens is 3. The summed E-state index contributed by atoms with van der Waals surface area (Å²) in [6.07, 6.45) is 2.59. The van der Waals surface area contributed by atoms with Crippen LogP contribution in [0.4, 0.5) is 0 Å².